The van der Waals surface area contributed by atoms with E-state index in [1.807, 2.05) is 49.4 Å². The second kappa shape index (κ2) is 7.16. The molecule has 0 amide bonds. The van der Waals surface area contributed by atoms with Gasteiger partial charge in [-0.05, 0) is 29.7 Å². The van der Waals surface area contributed by atoms with Crippen molar-refractivity contribution in [1.82, 2.24) is 20.2 Å². The Kier molecular flexibility index (Phi) is 4.22. The predicted octanol–water partition coefficient (Wildman–Crippen LogP) is 5.01. The molecule has 29 heavy (non-hydrogen) atoms. The number of aromatic nitrogens is 4. The Balaban J connectivity index is 1.37. The average Bonchev–Trinajstić information content (AvgIpc) is 3.16. The number of nitrogens with zero attached hydrogens (tertiary/aromatic N) is 4. The van der Waals surface area contributed by atoms with Crippen LogP contribution in [0.3, 0.4) is 0 Å². The minimum Gasteiger partial charge on any atom is -0.338 e. The molecule has 6 nitrogen and oxygen atoms in total. The van der Waals surface area contributed by atoms with Gasteiger partial charge in [0.05, 0.1) is 5.71 Å². The van der Waals surface area contributed by atoms with E-state index in [1.165, 1.54) is 11.1 Å². The van der Waals surface area contributed by atoms with Crippen LogP contribution >= 0.6 is 0 Å². The second-order valence-electron chi connectivity index (χ2n) is 6.76. The van der Waals surface area contributed by atoms with Gasteiger partial charge in [0.1, 0.15) is 5.52 Å². The molecule has 0 spiro atoms. The van der Waals surface area contributed by atoms with Gasteiger partial charge in [0.25, 0.3) is 5.95 Å². The van der Waals surface area contributed by atoms with Crippen molar-refractivity contribution in [2.75, 3.05) is 5.43 Å². The fourth-order valence-corrected chi connectivity index (χ4v) is 3.30. The lowest BCUT2D eigenvalue weighted by Gasteiger charge is -2.05. The second-order valence-corrected chi connectivity index (χ2v) is 6.76. The summed E-state index contributed by atoms with van der Waals surface area (Å²) < 4.78 is 0. The quantitative estimate of drug-likeness (QED) is 0.340. The largest absolute Gasteiger partial charge is 0.338 e. The van der Waals surface area contributed by atoms with E-state index in [0.29, 0.717) is 11.6 Å². The van der Waals surface area contributed by atoms with E-state index in [1.54, 1.807) is 0 Å². The summed E-state index contributed by atoms with van der Waals surface area (Å²) >= 11 is 0. The molecule has 0 bridgehead atoms. The molecule has 0 unspecified atom stereocenters. The van der Waals surface area contributed by atoms with E-state index in [0.717, 1.165) is 27.7 Å². The number of fused-ring (bicyclic) bond motifs is 3. The maximum atomic E-state index is 4.48. The van der Waals surface area contributed by atoms with Crippen molar-refractivity contribution < 1.29 is 0 Å². The molecule has 140 valence electrons. The monoisotopic (exact) mass is 378 g/mol. The average molecular weight is 378 g/mol. The van der Waals surface area contributed by atoms with Gasteiger partial charge >= 0.3 is 0 Å². The third-order valence-corrected chi connectivity index (χ3v) is 4.86. The van der Waals surface area contributed by atoms with Crippen LogP contribution in [0, 0.1) is 0 Å². The van der Waals surface area contributed by atoms with Crippen molar-refractivity contribution in [3.05, 3.63) is 84.4 Å². The molecule has 0 saturated carbocycles. The molecule has 5 rings (SSSR count). The van der Waals surface area contributed by atoms with Crippen molar-refractivity contribution in [3.63, 3.8) is 0 Å². The van der Waals surface area contributed by atoms with Gasteiger partial charge in [-0.2, -0.15) is 10.1 Å². The van der Waals surface area contributed by atoms with Crippen LogP contribution in [0.4, 0.5) is 5.95 Å². The summed E-state index contributed by atoms with van der Waals surface area (Å²) in [5.41, 5.74) is 9.56. The highest BCUT2D eigenvalue weighted by molar-refractivity contribution is 6.03. The minimum atomic E-state index is 0.351. The van der Waals surface area contributed by atoms with Gasteiger partial charge in [-0.1, -0.05) is 72.8 Å². The Morgan fingerprint density at radius 1 is 0.828 bits per heavy atom. The smallest absolute Gasteiger partial charge is 0.265 e. The number of benzene rings is 3. The minimum absolute atomic E-state index is 0.351. The molecule has 0 atom stereocenters. The SMILES string of the molecule is C/C(=N/Nc1nnc2c(n1)[nH]c1ccccc12)c1ccc(-c2ccccc2)cc1. The highest BCUT2D eigenvalue weighted by atomic mass is 15.4. The van der Waals surface area contributed by atoms with Crippen LogP contribution in [0.25, 0.3) is 33.2 Å². The van der Waals surface area contributed by atoms with E-state index in [4.69, 9.17) is 0 Å². The van der Waals surface area contributed by atoms with E-state index < -0.39 is 0 Å². The zero-order valence-electron chi connectivity index (χ0n) is 15.8. The number of hydrogen-bond donors (Lipinski definition) is 2. The van der Waals surface area contributed by atoms with Crippen molar-refractivity contribution in [1.29, 1.82) is 0 Å². The summed E-state index contributed by atoms with van der Waals surface area (Å²) in [6, 6.07) is 26.5. The molecule has 0 fully saturated rings. The lowest BCUT2D eigenvalue weighted by Crippen LogP contribution is -2.03. The van der Waals surface area contributed by atoms with Gasteiger partial charge in [-0.15, -0.1) is 10.2 Å². The summed E-state index contributed by atoms with van der Waals surface area (Å²) in [5.74, 6) is 0.351. The summed E-state index contributed by atoms with van der Waals surface area (Å²) in [5, 5.41) is 13.9. The first-order chi connectivity index (χ1) is 14.3. The summed E-state index contributed by atoms with van der Waals surface area (Å²) in [4.78, 5) is 7.74. The normalized spacial score (nSPS) is 11.8. The number of rotatable bonds is 4. The van der Waals surface area contributed by atoms with Gasteiger partial charge in [0, 0.05) is 10.9 Å². The topological polar surface area (TPSA) is 78.8 Å². The van der Waals surface area contributed by atoms with Crippen molar-refractivity contribution in [2.45, 2.75) is 6.92 Å². The molecular formula is C23H18N6. The van der Waals surface area contributed by atoms with Gasteiger partial charge in [-0.25, -0.2) is 5.43 Å². The fourth-order valence-electron chi connectivity index (χ4n) is 3.30. The van der Waals surface area contributed by atoms with Crippen LogP contribution in [-0.2, 0) is 0 Å². The maximum absolute atomic E-state index is 4.48. The third kappa shape index (κ3) is 3.32. The first kappa shape index (κ1) is 17.1. The summed E-state index contributed by atoms with van der Waals surface area (Å²) in [6.07, 6.45) is 0. The van der Waals surface area contributed by atoms with Crippen molar-refractivity contribution in [3.8, 4) is 11.1 Å². The Morgan fingerprint density at radius 2 is 1.55 bits per heavy atom. The molecule has 2 aromatic heterocycles. The molecule has 0 aliphatic heterocycles. The molecule has 0 aliphatic carbocycles. The maximum Gasteiger partial charge on any atom is 0.265 e. The molecule has 0 aliphatic rings. The Bertz CT molecular complexity index is 1320. The number of H-pyrrole nitrogens is 1. The van der Waals surface area contributed by atoms with Gasteiger partial charge in [-0.3, -0.25) is 0 Å². The number of anilines is 1. The molecule has 2 N–H and O–H groups in total. The molecular weight excluding hydrogens is 360 g/mol. The van der Waals surface area contributed by atoms with Crippen molar-refractivity contribution in [2.24, 2.45) is 5.10 Å². The number of hydrazone groups is 1. The Hall–Kier alpha value is -4.06. The lowest BCUT2D eigenvalue weighted by atomic mass is 10.0. The number of nitrogens with one attached hydrogen (secondary N) is 2. The van der Waals surface area contributed by atoms with Gasteiger partial charge in [0.2, 0.25) is 0 Å². The van der Waals surface area contributed by atoms with Crippen LogP contribution < -0.4 is 5.43 Å². The standard InChI is InChI=1S/C23H18N6/c1-15(16-11-13-18(14-12-16)17-7-3-2-4-8-17)26-28-23-25-22-21(27-29-23)19-9-5-6-10-20(19)24-22/h2-14H,1H3,(H2,24,25,28,29)/b26-15-. The Morgan fingerprint density at radius 3 is 2.38 bits per heavy atom. The van der Waals surface area contributed by atoms with Crippen LogP contribution in [0.1, 0.15) is 12.5 Å². The molecule has 5 aromatic rings. The van der Waals surface area contributed by atoms with E-state index in [9.17, 15) is 0 Å². The number of aromatic amines is 1. The van der Waals surface area contributed by atoms with E-state index in [2.05, 4.69) is 67.1 Å². The van der Waals surface area contributed by atoms with Crippen LogP contribution in [0.5, 0.6) is 0 Å². The molecule has 6 heteroatoms. The highest BCUT2D eigenvalue weighted by Crippen LogP contribution is 2.22. The van der Waals surface area contributed by atoms with Crippen LogP contribution in [0.2, 0.25) is 0 Å². The molecule has 2 heterocycles. The predicted molar refractivity (Wildman–Crippen MR) is 117 cm³/mol. The fraction of sp³-hybridized carbons (Fsp3) is 0.0435. The Labute approximate surface area is 167 Å². The van der Waals surface area contributed by atoms with Crippen molar-refractivity contribution >= 4 is 33.7 Å². The first-order valence-electron chi connectivity index (χ1n) is 9.35. The van der Waals surface area contributed by atoms with E-state index >= 15 is 0 Å². The number of hydrogen-bond acceptors (Lipinski definition) is 5. The van der Waals surface area contributed by atoms with Gasteiger partial charge in [0.15, 0.2) is 5.65 Å². The number of para-hydroxylation sites is 1. The highest BCUT2D eigenvalue weighted by Gasteiger charge is 2.08. The zero-order valence-corrected chi connectivity index (χ0v) is 15.8. The van der Waals surface area contributed by atoms with Crippen LogP contribution in [-0.4, -0.2) is 25.9 Å². The van der Waals surface area contributed by atoms with E-state index in [-0.39, 0.29) is 0 Å². The van der Waals surface area contributed by atoms with Gasteiger partial charge < -0.3 is 4.98 Å². The lowest BCUT2D eigenvalue weighted by molar-refractivity contribution is 1.01. The first-order valence-corrected chi connectivity index (χ1v) is 9.35. The molecule has 0 saturated heterocycles. The third-order valence-electron chi connectivity index (χ3n) is 4.86. The molecule has 3 aromatic carbocycles. The summed E-state index contributed by atoms with van der Waals surface area (Å²) in [7, 11) is 0. The molecule has 0 radical (unpaired) electrons. The summed E-state index contributed by atoms with van der Waals surface area (Å²) in [6.45, 7) is 1.94. The van der Waals surface area contributed by atoms with Crippen LogP contribution in [0.15, 0.2) is 84.0 Å². The zero-order chi connectivity index (χ0) is 19.6.